The first-order valence-corrected chi connectivity index (χ1v) is 9.37. The standard InChI is InChI=1S/C22H27N3/c1-2-3-4-5-6-7-8-9-14-23-20-17-18-12-10-15-24-21(18)22-19(20)13-11-16-25-22/h2,10-13,15-17,23H,1,3-9,14H2. The van der Waals surface area contributed by atoms with Crippen molar-refractivity contribution in [1.29, 1.82) is 0 Å². The molecular formula is C22H27N3. The van der Waals surface area contributed by atoms with Gasteiger partial charge in [0.2, 0.25) is 0 Å². The average Bonchev–Trinajstić information content (AvgIpc) is 2.66. The number of rotatable bonds is 10. The first-order valence-electron chi connectivity index (χ1n) is 9.37. The van der Waals surface area contributed by atoms with Gasteiger partial charge < -0.3 is 5.32 Å². The number of allylic oxidation sites excluding steroid dienone is 1. The van der Waals surface area contributed by atoms with E-state index in [0.717, 1.165) is 40.5 Å². The molecule has 3 rings (SSSR count). The van der Waals surface area contributed by atoms with E-state index < -0.39 is 0 Å². The molecule has 0 atom stereocenters. The molecular weight excluding hydrogens is 306 g/mol. The van der Waals surface area contributed by atoms with E-state index in [9.17, 15) is 0 Å². The van der Waals surface area contributed by atoms with E-state index in [1.807, 2.05) is 30.6 Å². The van der Waals surface area contributed by atoms with E-state index in [2.05, 4.69) is 40.1 Å². The van der Waals surface area contributed by atoms with Crippen LogP contribution in [0.5, 0.6) is 0 Å². The number of fused-ring (bicyclic) bond motifs is 3. The van der Waals surface area contributed by atoms with Gasteiger partial charge in [0.15, 0.2) is 0 Å². The Morgan fingerprint density at radius 3 is 2.44 bits per heavy atom. The monoisotopic (exact) mass is 333 g/mol. The van der Waals surface area contributed by atoms with Gasteiger partial charge in [0, 0.05) is 35.4 Å². The second-order valence-electron chi connectivity index (χ2n) is 6.52. The Bertz CT molecular complexity index is 826. The summed E-state index contributed by atoms with van der Waals surface area (Å²) < 4.78 is 0. The van der Waals surface area contributed by atoms with Crippen LogP contribution in [0, 0.1) is 0 Å². The van der Waals surface area contributed by atoms with E-state index >= 15 is 0 Å². The van der Waals surface area contributed by atoms with Gasteiger partial charge in [0.05, 0.1) is 11.0 Å². The highest BCUT2D eigenvalue weighted by molar-refractivity contribution is 6.08. The first-order chi connectivity index (χ1) is 12.4. The van der Waals surface area contributed by atoms with Crippen molar-refractivity contribution >= 4 is 27.5 Å². The van der Waals surface area contributed by atoms with Crippen molar-refractivity contribution in [3.05, 3.63) is 55.4 Å². The summed E-state index contributed by atoms with van der Waals surface area (Å²) in [4.78, 5) is 9.06. The van der Waals surface area contributed by atoms with Crippen molar-refractivity contribution in [3.63, 3.8) is 0 Å². The molecule has 0 radical (unpaired) electrons. The van der Waals surface area contributed by atoms with E-state index in [1.165, 1.54) is 38.5 Å². The summed E-state index contributed by atoms with van der Waals surface area (Å²) in [5, 5.41) is 5.90. The van der Waals surface area contributed by atoms with Crippen LogP contribution in [-0.4, -0.2) is 16.5 Å². The number of unbranched alkanes of at least 4 members (excludes halogenated alkanes) is 6. The summed E-state index contributed by atoms with van der Waals surface area (Å²) in [6.45, 7) is 4.77. The molecule has 3 heteroatoms. The SMILES string of the molecule is C=CCCCCCCCCNc1cc2cccnc2c2ncccc12. The molecule has 1 aromatic carbocycles. The van der Waals surface area contributed by atoms with Crippen molar-refractivity contribution in [2.75, 3.05) is 11.9 Å². The maximum atomic E-state index is 4.55. The number of aromatic nitrogens is 2. The number of pyridine rings is 2. The number of anilines is 1. The fraction of sp³-hybridized carbons (Fsp3) is 0.364. The third-order valence-corrected chi connectivity index (χ3v) is 4.61. The minimum Gasteiger partial charge on any atom is -0.384 e. The van der Waals surface area contributed by atoms with Gasteiger partial charge in [-0.15, -0.1) is 6.58 Å². The zero-order chi connectivity index (χ0) is 17.3. The maximum Gasteiger partial charge on any atom is 0.0985 e. The van der Waals surface area contributed by atoms with Gasteiger partial charge in [0.1, 0.15) is 0 Å². The molecule has 0 fully saturated rings. The molecule has 0 aliphatic rings. The van der Waals surface area contributed by atoms with E-state index in [-0.39, 0.29) is 0 Å². The Morgan fingerprint density at radius 2 is 1.60 bits per heavy atom. The molecule has 0 saturated heterocycles. The van der Waals surface area contributed by atoms with Crippen LogP contribution < -0.4 is 5.32 Å². The van der Waals surface area contributed by atoms with Crippen LogP contribution in [0.2, 0.25) is 0 Å². The second-order valence-corrected chi connectivity index (χ2v) is 6.52. The highest BCUT2D eigenvalue weighted by Crippen LogP contribution is 2.29. The molecule has 2 aromatic heterocycles. The van der Waals surface area contributed by atoms with Gasteiger partial charge in [-0.2, -0.15) is 0 Å². The Kier molecular flexibility index (Phi) is 6.38. The molecule has 3 nitrogen and oxygen atoms in total. The average molecular weight is 333 g/mol. The minimum atomic E-state index is 0.975. The quantitative estimate of drug-likeness (QED) is 0.276. The van der Waals surface area contributed by atoms with Crippen molar-refractivity contribution in [1.82, 2.24) is 9.97 Å². The highest BCUT2D eigenvalue weighted by Gasteiger charge is 2.07. The van der Waals surface area contributed by atoms with Gasteiger partial charge in [-0.1, -0.05) is 37.8 Å². The predicted octanol–water partition coefficient (Wildman–Crippen LogP) is 6.11. The van der Waals surface area contributed by atoms with Crippen LogP contribution in [0.3, 0.4) is 0 Å². The van der Waals surface area contributed by atoms with Crippen LogP contribution >= 0.6 is 0 Å². The highest BCUT2D eigenvalue weighted by atomic mass is 14.9. The van der Waals surface area contributed by atoms with Crippen molar-refractivity contribution in [2.45, 2.75) is 44.9 Å². The van der Waals surface area contributed by atoms with E-state index in [4.69, 9.17) is 0 Å². The molecule has 0 aliphatic heterocycles. The van der Waals surface area contributed by atoms with Crippen LogP contribution in [0.4, 0.5) is 5.69 Å². The summed E-state index contributed by atoms with van der Waals surface area (Å²) in [5.41, 5.74) is 3.11. The summed E-state index contributed by atoms with van der Waals surface area (Å²) in [6, 6.07) is 10.4. The molecule has 0 bridgehead atoms. The van der Waals surface area contributed by atoms with Crippen molar-refractivity contribution in [3.8, 4) is 0 Å². The third-order valence-electron chi connectivity index (χ3n) is 4.61. The number of nitrogens with one attached hydrogen (secondary N) is 1. The lowest BCUT2D eigenvalue weighted by molar-refractivity contribution is 0.605. The first kappa shape index (κ1) is 17.4. The van der Waals surface area contributed by atoms with Gasteiger partial charge in [0.25, 0.3) is 0 Å². The fourth-order valence-corrected chi connectivity index (χ4v) is 3.27. The molecule has 1 N–H and O–H groups in total. The lowest BCUT2D eigenvalue weighted by atomic mass is 10.1. The van der Waals surface area contributed by atoms with Gasteiger partial charge >= 0.3 is 0 Å². The Labute approximate surface area is 150 Å². The van der Waals surface area contributed by atoms with Crippen LogP contribution in [0.25, 0.3) is 21.8 Å². The zero-order valence-corrected chi connectivity index (χ0v) is 14.9. The number of nitrogens with zero attached hydrogens (tertiary/aromatic N) is 2. The summed E-state index contributed by atoms with van der Waals surface area (Å²) in [5.74, 6) is 0. The molecule has 2 heterocycles. The predicted molar refractivity (Wildman–Crippen MR) is 108 cm³/mol. The molecule has 0 spiro atoms. The molecule has 0 saturated carbocycles. The topological polar surface area (TPSA) is 37.8 Å². The molecule has 25 heavy (non-hydrogen) atoms. The van der Waals surface area contributed by atoms with Crippen LogP contribution in [0.1, 0.15) is 44.9 Å². The fourth-order valence-electron chi connectivity index (χ4n) is 3.27. The lowest BCUT2D eigenvalue weighted by Gasteiger charge is -2.11. The van der Waals surface area contributed by atoms with Crippen LogP contribution in [0.15, 0.2) is 55.4 Å². The smallest absolute Gasteiger partial charge is 0.0985 e. The molecule has 0 unspecified atom stereocenters. The minimum absolute atomic E-state index is 0.975. The Hall–Kier alpha value is -2.42. The summed E-state index contributed by atoms with van der Waals surface area (Å²) >= 11 is 0. The van der Waals surface area contributed by atoms with Gasteiger partial charge in [-0.25, -0.2) is 0 Å². The second kappa shape index (κ2) is 9.16. The molecule has 0 amide bonds. The number of hydrogen-bond acceptors (Lipinski definition) is 3. The van der Waals surface area contributed by atoms with Crippen LogP contribution in [-0.2, 0) is 0 Å². The number of benzene rings is 1. The third kappa shape index (κ3) is 4.56. The molecule has 3 aromatic rings. The molecule has 0 aliphatic carbocycles. The lowest BCUT2D eigenvalue weighted by Crippen LogP contribution is -2.02. The normalized spacial score (nSPS) is 11.0. The van der Waals surface area contributed by atoms with Gasteiger partial charge in [-0.3, -0.25) is 9.97 Å². The van der Waals surface area contributed by atoms with E-state index in [1.54, 1.807) is 0 Å². The van der Waals surface area contributed by atoms with E-state index in [0.29, 0.717) is 0 Å². The largest absolute Gasteiger partial charge is 0.384 e. The number of hydrogen-bond donors (Lipinski definition) is 1. The summed E-state index contributed by atoms with van der Waals surface area (Å²) in [7, 11) is 0. The zero-order valence-electron chi connectivity index (χ0n) is 14.9. The van der Waals surface area contributed by atoms with Crippen molar-refractivity contribution < 1.29 is 0 Å². The summed E-state index contributed by atoms with van der Waals surface area (Å²) in [6.07, 6.45) is 14.6. The Balaban J connectivity index is 1.57. The Morgan fingerprint density at radius 1 is 0.880 bits per heavy atom. The van der Waals surface area contributed by atoms with Crippen molar-refractivity contribution in [2.24, 2.45) is 0 Å². The van der Waals surface area contributed by atoms with Gasteiger partial charge in [-0.05, 0) is 43.5 Å². The maximum absolute atomic E-state index is 4.55. The molecule has 130 valence electrons.